The first kappa shape index (κ1) is 8.72. The minimum Gasteiger partial charge on any atom is -0.443 e. The molecule has 0 amide bonds. The molecule has 0 aromatic carbocycles. The number of hydrogen-bond acceptors (Lipinski definition) is 4. The predicted molar refractivity (Wildman–Crippen MR) is 47.2 cm³/mol. The molecular weight excluding hydrogens is 168 g/mol. The Bertz CT molecular complexity index is 266. The van der Waals surface area contributed by atoms with Crippen LogP contribution in [-0.4, -0.2) is 18.1 Å². The van der Waals surface area contributed by atoms with Gasteiger partial charge in [-0.25, -0.2) is 4.98 Å². The molecule has 13 heavy (non-hydrogen) atoms. The van der Waals surface area contributed by atoms with E-state index in [0.717, 1.165) is 25.2 Å². The van der Waals surface area contributed by atoms with Crippen LogP contribution in [0.15, 0.2) is 10.6 Å². The van der Waals surface area contributed by atoms with Gasteiger partial charge in [-0.05, 0) is 12.8 Å². The summed E-state index contributed by atoms with van der Waals surface area (Å²) in [5.41, 5.74) is 5.39. The first-order chi connectivity index (χ1) is 6.40. The van der Waals surface area contributed by atoms with E-state index in [1.165, 1.54) is 0 Å². The van der Waals surface area contributed by atoms with E-state index in [0.29, 0.717) is 18.9 Å². The molecule has 72 valence electrons. The van der Waals surface area contributed by atoms with Gasteiger partial charge in [0.25, 0.3) is 0 Å². The van der Waals surface area contributed by atoms with Crippen molar-refractivity contribution in [3.05, 3.63) is 17.8 Å². The Hall–Kier alpha value is -0.870. The van der Waals surface area contributed by atoms with Gasteiger partial charge in [-0.1, -0.05) is 0 Å². The molecule has 1 aromatic rings. The van der Waals surface area contributed by atoms with Gasteiger partial charge < -0.3 is 14.9 Å². The van der Waals surface area contributed by atoms with E-state index >= 15 is 0 Å². The van der Waals surface area contributed by atoms with Crippen molar-refractivity contribution >= 4 is 0 Å². The van der Waals surface area contributed by atoms with E-state index in [-0.39, 0.29) is 6.10 Å². The molecule has 1 unspecified atom stereocenters. The first-order valence-corrected chi connectivity index (χ1v) is 4.66. The van der Waals surface area contributed by atoms with Gasteiger partial charge in [0.05, 0.1) is 6.20 Å². The average molecular weight is 182 g/mol. The van der Waals surface area contributed by atoms with Crippen molar-refractivity contribution in [2.45, 2.75) is 25.4 Å². The molecule has 1 fully saturated rings. The number of nitrogens with two attached hydrogens (primary N) is 1. The molecule has 4 nitrogen and oxygen atoms in total. The van der Waals surface area contributed by atoms with Crippen LogP contribution in [0.1, 0.15) is 30.6 Å². The van der Waals surface area contributed by atoms with Crippen LogP contribution in [0, 0.1) is 0 Å². The van der Waals surface area contributed by atoms with Crippen molar-refractivity contribution in [3.63, 3.8) is 0 Å². The molecule has 2 N–H and O–H groups in total. The van der Waals surface area contributed by atoms with Crippen LogP contribution in [0.4, 0.5) is 0 Å². The Morgan fingerprint density at radius 3 is 3.23 bits per heavy atom. The molecule has 2 rings (SSSR count). The molecule has 0 aliphatic carbocycles. The average Bonchev–Trinajstić information content (AvgIpc) is 2.70. The van der Waals surface area contributed by atoms with E-state index in [2.05, 4.69) is 4.98 Å². The Kier molecular flexibility index (Phi) is 2.61. The Balaban J connectivity index is 2.03. The van der Waals surface area contributed by atoms with E-state index in [1.54, 1.807) is 6.20 Å². The van der Waals surface area contributed by atoms with Gasteiger partial charge in [-0.3, -0.25) is 0 Å². The normalized spacial score (nSPS) is 22.4. The summed E-state index contributed by atoms with van der Waals surface area (Å²) in [6.45, 7) is 1.41. The molecule has 1 atom stereocenters. The number of hydrogen-bond donors (Lipinski definition) is 1. The maximum Gasteiger partial charge on any atom is 0.195 e. The fourth-order valence-corrected chi connectivity index (χ4v) is 1.51. The third-order valence-electron chi connectivity index (χ3n) is 2.18. The van der Waals surface area contributed by atoms with E-state index in [1.807, 2.05) is 0 Å². The lowest BCUT2D eigenvalue weighted by Gasteiger charge is -2.03. The van der Waals surface area contributed by atoms with Crippen molar-refractivity contribution in [2.75, 3.05) is 13.2 Å². The molecular formula is C9H14N2O2. The zero-order chi connectivity index (χ0) is 9.10. The van der Waals surface area contributed by atoms with Crippen LogP contribution in [-0.2, 0) is 11.2 Å². The van der Waals surface area contributed by atoms with Crippen LogP contribution < -0.4 is 5.73 Å². The molecule has 0 radical (unpaired) electrons. The van der Waals surface area contributed by atoms with Gasteiger partial charge in [0, 0.05) is 19.6 Å². The monoisotopic (exact) mass is 182 g/mol. The van der Waals surface area contributed by atoms with Crippen LogP contribution in [0.5, 0.6) is 0 Å². The first-order valence-electron chi connectivity index (χ1n) is 4.66. The fourth-order valence-electron chi connectivity index (χ4n) is 1.51. The summed E-state index contributed by atoms with van der Waals surface area (Å²) in [7, 11) is 0. The van der Waals surface area contributed by atoms with Crippen LogP contribution >= 0.6 is 0 Å². The molecule has 1 aliphatic heterocycles. The van der Waals surface area contributed by atoms with Crippen LogP contribution in [0.3, 0.4) is 0 Å². The second-order valence-electron chi connectivity index (χ2n) is 3.20. The highest BCUT2D eigenvalue weighted by Gasteiger charge is 2.21. The smallest absolute Gasteiger partial charge is 0.195 e. The summed E-state index contributed by atoms with van der Waals surface area (Å²) in [6.07, 6.45) is 4.72. The van der Waals surface area contributed by atoms with Gasteiger partial charge in [-0.15, -0.1) is 0 Å². The van der Waals surface area contributed by atoms with Gasteiger partial charge in [-0.2, -0.15) is 0 Å². The van der Waals surface area contributed by atoms with Crippen LogP contribution in [0.2, 0.25) is 0 Å². The largest absolute Gasteiger partial charge is 0.443 e. The van der Waals surface area contributed by atoms with E-state index < -0.39 is 0 Å². The molecule has 0 spiro atoms. The Labute approximate surface area is 77.1 Å². The van der Waals surface area contributed by atoms with Crippen molar-refractivity contribution in [1.82, 2.24) is 4.98 Å². The number of ether oxygens (including phenoxy) is 1. The standard InChI is InChI=1S/C9H14N2O2/c10-4-3-9-11-6-8(13-9)7-2-1-5-12-7/h6-7H,1-5,10H2. The Morgan fingerprint density at radius 1 is 1.62 bits per heavy atom. The number of oxazole rings is 1. The summed E-state index contributed by atoms with van der Waals surface area (Å²) in [5, 5.41) is 0. The minimum atomic E-state index is 0.124. The fraction of sp³-hybridized carbons (Fsp3) is 0.667. The topological polar surface area (TPSA) is 61.3 Å². The second kappa shape index (κ2) is 3.89. The van der Waals surface area contributed by atoms with Crippen molar-refractivity contribution in [2.24, 2.45) is 5.73 Å². The summed E-state index contributed by atoms with van der Waals surface area (Å²) in [5.74, 6) is 1.56. The summed E-state index contributed by atoms with van der Waals surface area (Å²) in [4.78, 5) is 4.12. The highest BCUT2D eigenvalue weighted by atomic mass is 16.5. The quantitative estimate of drug-likeness (QED) is 0.758. The summed E-state index contributed by atoms with van der Waals surface area (Å²) >= 11 is 0. The molecule has 2 heterocycles. The maximum atomic E-state index is 5.49. The lowest BCUT2D eigenvalue weighted by atomic mass is 10.2. The molecule has 1 aliphatic rings. The summed E-state index contributed by atoms with van der Waals surface area (Å²) in [6, 6.07) is 0. The molecule has 4 heteroatoms. The molecule has 0 saturated carbocycles. The molecule has 1 saturated heterocycles. The van der Waals surface area contributed by atoms with Gasteiger partial charge in [0.15, 0.2) is 11.7 Å². The SMILES string of the molecule is NCCc1ncc(C2CCCO2)o1. The lowest BCUT2D eigenvalue weighted by molar-refractivity contribution is 0.0925. The van der Waals surface area contributed by atoms with Crippen LogP contribution in [0.25, 0.3) is 0 Å². The third kappa shape index (κ3) is 1.89. The lowest BCUT2D eigenvalue weighted by Crippen LogP contribution is -2.02. The second-order valence-corrected chi connectivity index (χ2v) is 3.20. The highest BCUT2D eigenvalue weighted by Crippen LogP contribution is 2.28. The van der Waals surface area contributed by atoms with E-state index in [4.69, 9.17) is 14.9 Å². The van der Waals surface area contributed by atoms with Crippen molar-refractivity contribution < 1.29 is 9.15 Å². The number of rotatable bonds is 3. The van der Waals surface area contributed by atoms with Gasteiger partial charge >= 0.3 is 0 Å². The zero-order valence-electron chi connectivity index (χ0n) is 7.53. The molecule has 0 bridgehead atoms. The van der Waals surface area contributed by atoms with Crippen molar-refractivity contribution in [3.8, 4) is 0 Å². The number of aromatic nitrogens is 1. The minimum absolute atomic E-state index is 0.124. The predicted octanol–water partition coefficient (Wildman–Crippen LogP) is 1.03. The zero-order valence-corrected chi connectivity index (χ0v) is 7.53. The van der Waals surface area contributed by atoms with Gasteiger partial charge in [0.1, 0.15) is 6.10 Å². The van der Waals surface area contributed by atoms with Gasteiger partial charge in [0.2, 0.25) is 0 Å². The van der Waals surface area contributed by atoms with E-state index in [9.17, 15) is 0 Å². The maximum absolute atomic E-state index is 5.49. The highest BCUT2D eigenvalue weighted by molar-refractivity contribution is 5.00. The third-order valence-corrected chi connectivity index (χ3v) is 2.18. The Morgan fingerprint density at radius 2 is 2.54 bits per heavy atom. The number of nitrogens with zero attached hydrogens (tertiary/aromatic N) is 1. The molecule has 1 aromatic heterocycles. The summed E-state index contributed by atoms with van der Waals surface area (Å²) < 4.78 is 11.0. The van der Waals surface area contributed by atoms with Crippen molar-refractivity contribution in [1.29, 1.82) is 0 Å².